The van der Waals surface area contributed by atoms with Crippen LogP contribution in [0.3, 0.4) is 0 Å². The summed E-state index contributed by atoms with van der Waals surface area (Å²) < 4.78 is 5.92. The van der Waals surface area contributed by atoms with E-state index < -0.39 is 23.0 Å². The molecule has 0 saturated carbocycles. The molecule has 0 fully saturated rings. The summed E-state index contributed by atoms with van der Waals surface area (Å²) in [6, 6.07) is -1.05. The lowest BCUT2D eigenvalue weighted by molar-refractivity contribution is -0.148. The van der Waals surface area contributed by atoms with Crippen molar-refractivity contribution in [1.29, 1.82) is 0 Å². The van der Waals surface area contributed by atoms with E-state index in [1.165, 1.54) is 0 Å². The van der Waals surface area contributed by atoms with Crippen molar-refractivity contribution >= 4 is 11.9 Å². The van der Waals surface area contributed by atoms with Gasteiger partial charge in [0.2, 0.25) is 5.91 Å². The third-order valence-electron chi connectivity index (χ3n) is 5.22. The first-order valence-electron chi connectivity index (χ1n) is 13.1. The monoisotopic (exact) mass is 475 g/mol. The molecule has 2 N–H and O–H groups in total. The average Bonchev–Trinajstić information content (AvgIpc) is 2.72. The summed E-state index contributed by atoms with van der Waals surface area (Å²) in [6.07, 6.45) is 3.42. The van der Waals surface area contributed by atoms with E-state index in [0.29, 0.717) is 6.42 Å². The highest BCUT2D eigenvalue weighted by molar-refractivity contribution is 5.87. The van der Waals surface area contributed by atoms with Crippen LogP contribution in [0.15, 0.2) is 0 Å². The van der Waals surface area contributed by atoms with Gasteiger partial charge in [-0.1, -0.05) is 103 Å². The number of amides is 1. The maximum atomic E-state index is 12.7. The number of aliphatic carboxylic acids is 1. The van der Waals surface area contributed by atoms with Crippen LogP contribution in [0.5, 0.6) is 0 Å². The molecule has 0 bridgehead atoms. The molecule has 0 heterocycles. The zero-order valence-corrected chi connectivity index (χ0v) is 25.3. The van der Waals surface area contributed by atoms with E-state index in [2.05, 4.69) is 46.9 Å². The molecule has 5 nitrogen and oxygen atoms in total. The first-order valence-corrected chi connectivity index (χ1v) is 13.1. The topological polar surface area (TPSA) is 75.6 Å². The first-order chi connectivity index (χ1) is 14.9. The molecule has 0 aromatic heterocycles. The maximum Gasteiger partial charge on any atom is 0.328 e. The second kappa shape index (κ2) is 18.3. The number of carbonyl (C=O) groups is 2. The second-order valence-corrected chi connectivity index (χ2v) is 11.1. The number of carboxylic acid groups (broad SMARTS) is 1. The van der Waals surface area contributed by atoms with Gasteiger partial charge in [0.15, 0.2) is 6.04 Å². The molecule has 0 rings (SSSR count). The van der Waals surface area contributed by atoms with Crippen molar-refractivity contribution < 1.29 is 19.4 Å². The van der Waals surface area contributed by atoms with E-state index >= 15 is 0 Å². The quantitative estimate of drug-likeness (QED) is 0.316. The van der Waals surface area contributed by atoms with E-state index in [0.717, 1.165) is 19.3 Å². The Labute approximate surface area is 207 Å². The minimum atomic E-state index is -1.07. The van der Waals surface area contributed by atoms with Crippen LogP contribution in [-0.2, 0) is 14.3 Å². The molecule has 1 amide bonds. The van der Waals surface area contributed by atoms with E-state index in [9.17, 15) is 14.7 Å². The number of carbonyl (C=O) groups excluding carboxylic acids is 1. The third-order valence-corrected chi connectivity index (χ3v) is 5.22. The van der Waals surface area contributed by atoms with Crippen molar-refractivity contribution in [2.45, 2.75) is 148 Å². The van der Waals surface area contributed by atoms with E-state index in [-0.39, 0.29) is 23.3 Å². The molecule has 1 atom stereocenters. The molecule has 0 radical (unpaired) electrons. The predicted molar refractivity (Wildman–Crippen MR) is 145 cm³/mol. The molecule has 0 aliphatic heterocycles. The van der Waals surface area contributed by atoms with Crippen LogP contribution >= 0.6 is 0 Å². The molecule has 0 aromatic carbocycles. The van der Waals surface area contributed by atoms with Gasteiger partial charge in [-0.2, -0.15) is 0 Å². The van der Waals surface area contributed by atoms with Gasteiger partial charge in [-0.15, -0.1) is 0 Å². The minimum Gasteiger partial charge on any atom is -0.480 e. The average molecular weight is 476 g/mol. The number of rotatable bonds is 11. The van der Waals surface area contributed by atoms with E-state index in [1.54, 1.807) is 0 Å². The van der Waals surface area contributed by atoms with Crippen LogP contribution in [0.1, 0.15) is 136 Å². The fourth-order valence-electron chi connectivity index (χ4n) is 2.97. The molecule has 1 unspecified atom stereocenters. The fraction of sp³-hybridized carbons (Fsp3) is 0.929. The van der Waals surface area contributed by atoms with Gasteiger partial charge in [0.1, 0.15) is 0 Å². The van der Waals surface area contributed by atoms with Gasteiger partial charge in [-0.05, 0) is 43.9 Å². The Kier molecular flexibility index (Phi) is 21.6. The van der Waals surface area contributed by atoms with Gasteiger partial charge < -0.3 is 15.2 Å². The lowest BCUT2D eigenvalue weighted by atomic mass is 9.79. The Morgan fingerprint density at radius 2 is 1.24 bits per heavy atom. The molecule has 5 heteroatoms. The molecular weight excluding hydrogens is 414 g/mol. The van der Waals surface area contributed by atoms with Gasteiger partial charge in [0.25, 0.3) is 0 Å². The number of ether oxygens (including phenoxy) is 1. The van der Waals surface area contributed by atoms with Gasteiger partial charge in [0.05, 0.1) is 12.2 Å². The molecule has 202 valence electrons. The molecule has 0 spiro atoms. The summed E-state index contributed by atoms with van der Waals surface area (Å²) in [4.78, 5) is 24.3. The highest BCUT2D eigenvalue weighted by Crippen LogP contribution is 2.33. The normalized spacial score (nSPS) is 12.6. The number of nitrogens with one attached hydrogen (secondary N) is 1. The smallest absolute Gasteiger partial charge is 0.328 e. The summed E-state index contributed by atoms with van der Waals surface area (Å²) in [6.45, 7) is 32.5. The van der Waals surface area contributed by atoms with Crippen LogP contribution in [0.25, 0.3) is 0 Å². The SMILES string of the molecule is CC.CC.CC.CCC(C)(C)CC(C)(C)OCC(NC(=O)C(C)(C)CCC(C)(C)C)C(=O)O. The summed E-state index contributed by atoms with van der Waals surface area (Å²) >= 11 is 0. The highest BCUT2D eigenvalue weighted by atomic mass is 16.5. The lowest BCUT2D eigenvalue weighted by Gasteiger charge is -2.35. The highest BCUT2D eigenvalue weighted by Gasteiger charge is 2.34. The van der Waals surface area contributed by atoms with Crippen LogP contribution in [0, 0.1) is 16.2 Å². The standard InChI is InChI=1S/C22H43NO4.3C2H6/c1-11-20(5,6)15-22(9,10)27-14-16(17(24)25)23-18(26)21(7,8)13-12-19(2,3)4;3*1-2/h16H,11-15H2,1-10H3,(H,23,26)(H,24,25);3*1-2H3. The molecule has 0 aliphatic rings. The van der Waals surface area contributed by atoms with Crippen molar-refractivity contribution in [1.82, 2.24) is 5.32 Å². The van der Waals surface area contributed by atoms with Crippen LogP contribution in [0.4, 0.5) is 0 Å². The van der Waals surface area contributed by atoms with Crippen molar-refractivity contribution in [2.24, 2.45) is 16.2 Å². The van der Waals surface area contributed by atoms with Crippen molar-refractivity contribution in [3.63, 3.8) is 0 Å². The molecular formula is C28H61NO4. The second-order valence-electron chi connectivity index (χ2n) is 11.1. The van der Waals surface area contributed by atoms with Gasteiger partial charge in [-0.3, -0.25) is 4.79 Å². The number of hydrogen-bond donors (Lipinski definition) is 2. The van der Waals surface area contributed by atoms with Crippen molar-refractivity contribution in [3.8, 4) is 0 Å². The van der Waals surface area contributed by atoms with Gasteiger partial charge in [0, 0.05) is 5.41 Å². The van der Waals surface area contributed by atoms with Crippen molar-refractivity contribution in [3.05, 3.63) is 0 Å². The van der Waals surface area contributed by atoms with E-state index in [4.69, 9.17) is 4.74 Å². The summed E-state index contributed by atoms with van der Waals surface area (Å²) in [7, 11) is 0. The Morgan fingerprint density at radius 1 is 0.818 bits per heavy atom. The predicted octanol–water partition coefficient (Wildman–Crippen LogP) is 8.11. The first kappa shape index (κ1) is 39.1. The van der Waals surface area contributed by atoms with E-state index in [1.807, 2.05) is 69.2 Å². The number of hydrogen-bond acceptors (Lipinski definition) is 3. The molecule has 0 saturated heterocycles. The van der Waals surface area contributed by atoms with Crippen LogP contribution in [-0.4, -0.2) is 35.2 Å². The fourth-order valence-corrected chi connectivity index (χ4v) is 2.97. The summed E-state index contributed by atoms with van der Waals surface area (Å²) in [5.41, 5.74) is -0.843. The molecule has 0 aliphatic carbocycles. The van der Waals surface area contributed by atoms with Gasteiger partial charge in [-0.25, -0.2) is 4.79 Å². The molecule has 33 heavy (non-hydrogen) atoms. The molecule has 0 aromatic rings. The van der Waals surface area contributed by atoms with Crippen LogP contribution in [0.2, 0.25) is 0 Å². The summed E-state index contributed by atoms with van der Waals surface area (Å²) in [5.74, 6) is -1.31. The van der Waals surface area contributed by atoms with Crippen molar-refractivity contribution in [2.75, 3.05) is 6.61 Å². The van der Waals surface area contributed by atoms with Crippen LogP contribution < -0.4 is 5.32 Å². The zero-order valence-electron chi connectivity index (χ0n) is 25.3. The van der Waals surface area contributed by atoms with Gasteiger partial charge >= 0.3 is 5.97 Å². The Morgan fingerprint density at radius 3 is 1.58 bits per heavy atom. The Balaban J connectivity index is -0.000000642. The Hall–Kier alpha value is -1.10. The Bertz CT molecular complexity index is 503. The lowest BCUT2D eigenvalue weighted by Crippen LogP contribution is -2.50. The maximum absolute atomic E-state index is 12.7. The zero-order chi connectivity index (χ0) is 27.7. The minimum absolute atomic E-state index is 0.0385. The largest absolute Gasteiger partial charge is 0.480 e. The third kappa shape index (κ3) is 21.2. The number of carboxylic acids is 1. The summed E-state index contributed by atoms with van der Waals surface area (Å²) in [5, 5.41) is 12.2.